The zero-order valence-corrected chi connectivity index (χ0v) is 15.0. The molecule has 0 saturated carbocycles. The van der Waals surface area contributed by atoms with Crippen LogP contribution >= 0.6 is 11.6 Å². The van der Waals surface area contributed by atoms with Gasteiger partial charge in [-0.1, -0.05) is 48.9 Å². The molecule has 0 amide bonds. The predicted molar refractivity (Wildman–Crippen MR) is 103 cm³/mol. The van der Waals surface area contributed by atoms with Gasteiger partial charge in [0.15, 0.2) is 5.65 Å². The van der Waals surface area contributed by atoms with Gasteiger partial charge in [-0.2, -0.15) is 5.10 Å². The number of halogens is 1. The maximum atomic E-state index is 13.1. The first-order valence-electron chi connectivity index (χ1n) is 8.44. The fourth-order valence-corrected chi connectivity index (χ4v) is 3.14. The average Bonchev–Trinajstić information content (AvgIpc) is 3.09. The van der Waals surface area contributed by atoms with E-state index in [-0.39, 0.29) is 5.56 Å². The molecule has 0 atom stereocenters. The van der Waals surface area contributed by atoms with E-state index in [1.807, 2.05) is 49.4 Å². The van der Waals surface area contributed by atoms with E-state index in [1.165, 1.54) is 0 Å². The largest absolute Gasteiger partial charge is 0.291 e. The van der Waals surface area contributed by atoms with Gasteiger partial charge in [0.2, 0.25) is 0 Å². The molecule has 4 rings (SSSR count). The Kier molecular flexibility index (Phi) is 4.31. The highest BCUT2D eigenvalue weighted by atomic mass is 35.5. The summed E-state index contributed by atoms with van der Waals surface area (Å²) in [6, 6.07) is 17.2. The summed E-state index contributed by atoms with van der Waals surface area (Å²) in [5.74, 6) is 0.738. The van der Waals surface area contributed by atoms with Crippen LogP contribution in [0, 0.1) is 0 Å². The SMILES string of the molecule is CCc1nc2c(cnn2-c2ccc(Cl)cc2)c(=O)n1Cc1ccccc1. The van der Waals surface area contributed by atoms with Crippen LogP contribution < -0.4 is 5.56 Å². The first kappa shape index (κ1) is 16.5. The molecule has 2 aromatic heterocycles. The number of benzene rings is 2. The van der Waals surface area contributed by atoms with Crippen molar-refractivity contribution in [1.29, 1.82) is 0 Å². The molecule has 0 radical (unpaired) electrons. The Bertz CT molecular complexity index is 1110. The third-order valence-corrected chi connectivity index (χ3v) is 4.59. The molecule has 2 aromatic carbocycles. The van der Waals surface area contributed by atoms with Gasteiger partial charge in [0.05, 0.1) is 18.4 Å². The lowest BCUT2D eigenvalue weighted by atomic mass is 10.2. The second-order valence-corrected chi connectivity index (χ2v) is 6.46. The van der Waals surface area contributed by atoms with E-state index in [1.54, 1.807) is 27.6 Å². The van der Waals surface area contributed by atoms with Crippen molar-refractivity contribution in [2.75, 3.05) is 0 Å². The van der Waals surface area contributed by atoms with E-state index in [0.29, 0.717) is 29.0 Å². The number of aryl methyl sites for hydroxylation is 1. The first-order chi connectivity index (χ1) is 12.7. The van der Waals surface area contributed by atoms with Gasteiger partial charge >= 0.3 is 0 Å². The van der Waals surface area contributed by atoms with Crippen molar-refractivity contribution < 1.29 is 0 Å². The highest BCUT2D eigenvalue weighted by molar-refractivity contribution is 6.30. The summed E-state index contributed by atoms with van der Waals surface area (Å²) in [4.78, 5) is 17.8. The van der Waals surface area contributed by atoms with Crippen molar-refractivity contribution in [2.24, 2.45) is 0 Å². The van der Waals surface area contributed by atoms with Gasteiger partial charge < -0.3 is 0 Å². The van der Waals surface area contributed by atoms with Crippen molar-refractivity contribution >= 4 is 22.6 Å². The van der Waals surface area contributed by atoms with Crippen LogP contribution in [0.15, 0.2) is 65.6 Å². The lowest BCUT2D eigenvalue weighted by molar-refractivity contribution is 0.683. The predicted octanol–water partition coefficient (Wildman–Crippen LogP) is 3.85. The minimum absolute atomic E-state index is 0.0732. The van der Waals surface area contributed by atoms with Gasteiger partial charge in [0.1, 0.15) is 11.2 Å². The fourth-order valence-electron chi connectivity index (χ4n) is 3.02. The summed E-state index contributed by atoms with van der Waals surface area (Å²) in [5, 5.41) is 5.54. The van der Waals surface area contributed by atoms with Crippen LogP contribution in [0.1, 0.15) is 18.3 Å². The Morgan fingerprint density at radius 1 is 1.04 bits per heavy atom. The topological polar surface area (TPSA) is 52.7 Å². The number of fused-ring (bicyclic) bond motifs is 1. The van der Waals surface area contributed by atoms with Gasteiger partial charge in [0.25, 0.3) is 5.56 Å². The van der Waals surface area contributed by atoms with Crippen LogP contribution in [0.3, 0.4) is 0 Å². The molecule has 26 heavy (non-hydrogen) atoms. The molecule has 0 aliphatic rings. The molecular weight excluding hydrogens is 348 g/mol. The second-order valence-electron chi connectivity index (χ2n) is 6.03. The lowest BCUT2D eigenvalue weighted by Crippen LogP contribution is -2.25. The summed E-state index contributed by atoms with van der Waals surface area (Å²) in [5.41, 5.74) is 2.38. The van der Waals surface area contributed by atoms with Crippen LogP contribution in [0.4, 0.5) is 0 Å². The molecular formula is C20H17ClN4O. The molecule has 0 aliphatic carbocycles. The Morgan fingerprint density at radius 3 is 2.46 bits per heavy atom. The fraction of sp³-hybridized carbons (Fsp3) is 0.150. The van der Waals surface area contributed by atoms with Gasteiger partial charge in [-0.05, 0) is 29.8 Å². The normalized spacial score (nSPS) is 11.2. The molecule has 5 nitrogen and oxygen atoms in total. The maximum absolute atomic E-state index is 13.1. The van der Waals surface area contributed by atoms with Crippen molar-refractivity contribution in [3.63, 3.8) is 0 Å². The molecule has 130 valence electrons. The molecule has 0 spiro atoms. The number of rotatable bonds is 4. The average molecular weight is 365 g/mol. The zero-order valence-electron chi connectivity index (χ0n) is 14.3. The third-order valence-electron chi connectivity index (χ3n) is 4.34. The van der Waals surface area contributed by atoms with E-state index >= 15 is 0 Å². The Balaban J connectivity index is 1.87. The zero-order chi connectivity index (χ0) is 18.1. The number of aromatic nitrogens is 4. The molecule has 0 unspecified atom stereocenters. The van der Waals surface area contributed by atoms with E-state index in [0.717, 1.165) is 17.1 Å². The molecule has 0 N–H and O–H groups in total. The van der Waals surface area contributed by atoms with Gasteiger partial charge in [0, 0.05) is 11.4 Å². The summed E-state index contributed by atoms with van der Waals surface area (Å²) >= 11 is 5.96. The summed E-state index contributed by atoms with van der Waals surface area (Å²) < 4.78 is 3.41. The molecule has 0 fully saturated rings. The summed E-state index contributed by atoms with van der Waals surface area (Å²) in [6.45, 7) is 2.50. The van der Waals surface area contributed by atoms with Crippen molar-refractivity contribution in [3.8, 4) is 5.69 Å². The van der Waals surface area contributed by atoms with Gasteiger partial charge in [-0.25, -0.2) is 9.67 Å². The molecule has 4 aromatic rings. The molecule has 0 saturated heterocycles. The van der Waals surface area contributed by atoms with Crippen LogP contribution in [0.5, 0.6) is 0 Å². The van der Waals surface area contributed by atoms with Crippen LogP contribution in [-0.4, -0.2) is 19.3 Å². The van der Waals surface area contributed by atoms with Crippen molar-refractivity contribution in [1.82, 2.24) is 19.3 Å². The molecule has 2 heterocycles. The van der Waals surface area contributed by atoms with Gasteiger partial charge in [-0.3, -0.25) is 9.36 Å². The van der Waals surface area contributed by atoms with E-state index in [4.69, 9.17) is 16.6 Å². The van der Waals surface area contributed by atoms with E-state index < -0.39 is 0 Å². The van der Waals surface area contributed by atoms with Crippen LogP contribution in [0.25, 0.3) is 16.7 Å². The van der Waals surface area contributed by atoms with Crippen LogP contribution in [0.2, 0.25) is 5.02 Å². The Hall–Kier alpha value is -2.92. The monoisotopic (exact) mass is 364 g/mol. The Morgan fingerprint density at radius 2 is 1.77 bits per heavy atom. The highest BCUT2D eigenvalue weighted by Gasteiger charge is 2.15. The highest BCUT2D eigenvalue weighted by Crippen LogP contribution is 2.17. The summed E-state index contributed by atoms with van der Waals surface area (Å²) in [6.07, 6.45) is 2.24. The smallest absolute Gasteiger partial charge is 0.264 e. The van der Waals surface area contributed by atoms with Gasteiger partial charge in [-0.15, -0.1) is 0 Å². The second kappa shape index (κ2) is 6.77. The number of hydrogen-bond acceptors (Lipinski definition) is 3. The minimum Gasteiger partial charge on any atom is -0.291 e. The minimum atomic E-state index is -0.0732. The quantitative estimate of drug-likeness (QED) is 0.552. The van der Waals surface area contributed by atoms with Crippen molar-refractivity contribution in [2.45, 2.75) is 19.9 Å². The van der Waals surface area contributed by atoms with Crippen LogP contribution in [-0.2, 0) is 13.0 Å². The third kappa shape index (κ3) is 2.91. The first-order valence-corrected chi connectivity index (χ1v) is 8.82. The molecule has 6 heteroatoms. The lowest BCUT2D eigenvalue weighted by Gasteiger charge is -2.12. The van der Waals surface area contributed by atoms with Crippen molar-refractivity contribution in [3.05, 3.63) is 87.6 Å². The molecule has 0 aliphatic heterocycles. The molecule has 0 bridgehead atoms. The number of hydrogen-bond donors (Lipinski definition) is 0. The van der Waals surface area contributed by atoms with E-state index in [9.17, 15) is 4.79 Å². The Labute approximate surface area is 155 Å². The number of nitrogens with zero attached hydrogens (tertiary/aromatic N) is 4. The standard InChI is InChI=1S/C20H17ClN4O/c1-2-18-23-19-17(12-22-25(19)16-10-8-15(21)9-11-16)20(26)24(18)13-14-6-4-3-5-7-14/h3-12H,2,13H2,1H3. The van der Waals surface area contributed by atoms with E-state index in [2.05, 4.69) is 5.10 Å². The maximum Gasteiger partial charge on any atom is 0.264 e. The summed E-state index contributed by atoms with van der Waals surface area (Å²) in [7, 11) is 0.